The minimum absolute atomic E-state index is 0.0715. The number of terminal acetylenes is 1. The van der Waals surface area contributed by atoms with Crippen molar-refractivity contribution < 1.29 is 19.1 Å². The molecule has 0 radical (unpaired) electrons. The predicted octanol–water partition coefficient (Wildman–Crippen LogP) is 4.38. The van der Waals surface area contributed by atoms with Crippen LogP contribution < -0.4 is 21.4 Å². The molecule has 3 aromatic rings. The predicted molar refractivity (Wildman–Crippen MR) is 173 cm³/mol. The number of carbonyl (C=O) groups is 3. The van der Waals surface area contributed by atoms with Gasteiger partial charge in [0.1, 0.15) is 0 Å². The van der Waals surface area contributed by atoms with E-state index in [2.05, 4.69) is 42.6 Å². The van der Waals surface area contributed by atoms with Crippen LogP contribution in [0.3, 0.4) is 0 Å². The number of nitrogens with one attached hydrogen (secondary N) is 4. The van der Waals surface area contributed by atoms with Gasteiger partial charge in [-0.1, -0.05) is 42.3 Å². The summed E-state index contributed by atoms with van der Waals surface area (Å²) in [7, 11) is 1.67. The lowest BCUT2D eigenvalue weighted by Gasteiger charge is -2.12. The molecule has 0 aliphatic carbocycles. The maximum Gasteiger partial charge on any atom is 0.256 e. The quantitative estimate of drug-likeness (QED) is 0.0879. The third kappa shape index (κ3) is 9.98. The van der Waals surface area contributed by atoms with Gasteiger partial charge in [0.15, 0.2) is 5.66 Å². The SMILES string of the molecule is C#Cc1cccc(C(=O)N/C=C/C(=N\NC)c2ccc(NC(=O)c3ccccc3COCCNC(=O)CCC3(C)N=N3)cc2)c1. The molecule has 11 nitrogen and oxygen atoms in total. The first-order valence-corrected chi connectivity index (χ1v) is 14.4. The van der Waals surface area contributed by atoms with E-state index in [1.54, 1.807) is 61.7 Å². The third-order valence-corrected chi connectivity index (χ3v) is 6.77. The van der Waals surface area contributed by atoms with Crippen molar-refractivity contribution in [3.8, 4) is 12.3 Å². The van der Waals surface area contributed by atoms with Crippen LogP contribution >= 0.6 is 0 Å². The van der Waals surface area contributed by atoms with Crippen LogP contribution in [-0.4, -0.2) is 49.3 Å². The molecule has 4 N–H and O–H groups in total. The van der Waals surface area contributed by atoms with E-state index >= 15 is 0 Å². The summed E-state index contributed by atoms with van der Waals surface area (Å²) in [6, 6.07) is 21.2. The minimum Gasteiger partial charge on any atom is -0.375 e. The zero-order valence-corrected chi connectivity index (χ0v) is 25.2. The molecule has 0 spiro atoms. The highest BCUT2D eigenvalue weighted by Gasteiger charge is 2.33. The fourth-order valence-corrected chi connectivity index (χ4v) is 4.21. The lowest BCUT2D eigenvalue weighted by atomic mass is 10.1. The van der Waals surface area contributed by atoms with Gasteiger partial charge in [0.05, 0.1) is 18.9 Å². The van der Waals surface area contributed by atoms with Gasteiger partial charge >= 0.3 is 0 Å². The normalized spacial score (nSPS) is 13.1. The Hall–Kier alpha value is -5.60. The number of hydrogen-bond acceptors (Lipinski definition) is 8. The molecule has 0 bridgehead atoms. The Bertz CT molecular complexity index is 1650. The Morgan fingerprint density at radius 3 is 2.51 bits per heavy atom. The highest BCUT2D eigenvalue weighted by atomic mass is 16.5. The molecule has 3 amide bonds. The van der Waals surface area contributed by atoms with Crippen molar-refractivity contribution in [1.29, 1.82) is 0 Å². The Morgan fingerprint density at radius 2 is 1.78 bits per heavy atom. The van der Waals surface area contributed by atoms with Gasteiger partial charge in [-0.15, -0.1) is 6.42 Å². The molecule has 1 aliphatic heterocycles. The fourth-order valence-electron chi connectivity index (χ4n) is 4.21. The minimum atomic E-state index is -0.390. The molecular weight excluding hydrogens is 570 g/mol. The number of hydrazone groups is 1. The molecule has 0 fully saturated rings. The second-order valence-electron chi connectivity index (χ2n) is 10.3. The van der Waals surface area contributed by atoms with Crippen LogP contribution in [0.2, 0.25) is 0 Å². The number of rotatable bonds is 15. The number of anilines is 1. The van der Waals surface area contributed by atoms with Crippen LogP contribution in [0.25, 0.3) is 0 Å². The molecule has 3 aromatic carbocycles. The number of carbonyl (C=O) groups excluding carboxylic acids is 3. The number of ether oxygens (including phenoxy) is 1. The van der Waals surface area contributed by atoms with Gasteiger partial charge in [-0.05, 0) is 55.0 Å². The van der Waals surface area contributed by atoms with Crippen molar-refractivity contribution in [2.45, 2.75) is 32.0 Å². The highest BCUT2D eigenvalue weighted by Crippen LogP contribution is 2.31. The standard InChI is InChI=1S/C34H35N7O4/c1-4-24-8-7-10-26(22-24)32(43)37-19-17-30(39-35-3)25-12-14-28(15-13-25)38-33(44)29-11-6-5-9-27(29)23-45-21-20-36-31(42)16-18-34(2)40-41-34/h1,5-15,17,19,22,35H,16,18,20-21,23H2,2-3H3,(H,36,42)(H,37,43)(H,38,44)/b19-17+,39-30+. The Labute approximate surface area is 262 Å². The Balaban J connectivity index is 1.27. The van der Waals surface area contributed by atoms with Gasteiger partial charge in [0, 0.05) is 60.6 Å². The van der Waals surface area contributed by atoms with Crippen LogP contribution in [0.5, 0.6) is 0 Å². The van der Waals surface area contributed by atoms with Crippen LogP contribution in [0, 0.1) is 12.3 Å². The molecule has 230 valence electrons. The second kappa shape index (κ2) is 15.7. The topological polar surface area (TPSA) is 146 Å². The average Bonchev–Trinajstić information content (AvgIpc) is 3.80. The van der Waals surface area contributed by atoms with Crippen molar-refractivity contribution in [2.75, 3.05) is 25.5 Å². The summed E-state index contributed by atoms with van der Waals surface area (Å²) >= 11 is 0. The van der Waals surface area contributed by atoms with E-state index in [1.165, 1.54) is 6.20 Å². The summed E-state index contributed by atoms with van der Waals surface area (Å²) in [5, 5.41) is 20.6. The molecule has 1 heterocycles. The summed E-state index contributed by atoms with van der Waals surface area (Å²) in [5.41, 5.74) is 6.57. The van der Waals surface area contributed by atoms with E-state index < -0.39 is 0 Å². The second-order valence-corrected chi connectivity index (χ2v) is 10.3. The zero-order chi connectivity index (χ0) is 32.1. The molecule has 0 saturated heterocycles. The zero-order valence-electron chi connectivity index (χ0n) is 25.2. The van der Waals surface area contributed by atoms with E-state index in [-0.39, 0.29) is 30.0 Å². The highest BCUT2D eigenvalue weighted by molar-refractivity contribution is 6.09. The summed E-state index contributed by atoms with van der Waals surface area (Å²) in [6.45, 7) is 2.78. The molecule has 0 atom stereocenters. The van der Waals surface area contributed by atoms with Gasteiger partial charge in [-0.3, -0.25) is 14.4 Å². The molecule has 0 aromatic heterocycles. The van der Waals surface area contributed by atoms with Crippen molar-refractivity contribution in [3.05, 3.63) is 113 Å². The maximum absolute atomic E-state index is 13.1. The number of benzene rings is 3. The average molecular weight is 606 g/mol. The van der Waals surface area contributed by atoms with Crippen molar-refractivity contribution in [3.63, 3.8) is 0 Å². The smallest absolute Gasteiger partial charge is 0.256 e. The lowest BCUT2D eigenvalue weighted by Crippen LogP contribution is -2.28. The van der Waals surface area contributed by atoms with Gasteiger partial charge in [0.2, 0.25) is 5.91 Å². The van der Waals surface area contributed by atoms with E-state index in [0.29, 0.717) is 54.1 Å². The number of amides is 3. The first-order valence-electron chi connectivity index (χ1n) is 14.4. The first-order chi connectivity index (χ1) is 21.8. The molecule has 11 heteroatoms. The summed E-state index contributed by atoms with van der Waals surface area (Å²) in [4.78, 5) is 37.6. The van der Waals surface area contributed by atoms with Crippen molar-refractivity contribution in [2.24, 2.45) is 15.3 Å². The summed E-state index contributed by atoms with van der Waals surface area (Å²) in [6.07, 6.45) is 9.54. The first kappa shape index (κ1) is 32.3. The molecule has 1 aliphatic rings. The van der Waals surface area contributed by atoms with E-state index in [0.717, 1.165) is 11.1 Å². The Kier molecular flexibility index (Phi) is 11.3. The summed E-state index contributed by atoms with van der Waals surface area (Å²) in [5.74, 6) is 1.86. The van der Waals surface area contributed by atoms with Crippen LogP contribution in [0.1, 0.15) is 57.2 Å². The monoisotopic (exact) mass is 605 g/mol. The van der Waals surface area contributed by atoms with E-state index in [1.807, 2.05) is 31.2 Å². The van der Waals surface area contributed by atoms with Crippen LogP contribution in [0.15, 0.2) is 100 Å². The van der Waals surface area contributed by atoms with Gasteiger partial charge in [-0.25, -0.2) is 0 Å². The van der Waals surface area contributed by atoms with E-state index in [9.17, 15) is 14.4 Å². The molecule has 0 unspecified atom stereocenters. The maximum atomic E-state index is 13.1. The van der Waals surface area contributed by atoms with Crippen LogP contribution in [-0.2, 0) is 16.1 Å². The molecule has 0 saturated carbocycles. The van der Waals surface area contributed by atoms with E-state index in [4.69, 9.17) is 11.2 Å². The Morgan fingerprint density at radius 1 is 1.00 bits per heavy atom. The van der Waals surface area contributed by atoms with Crippen LogP contribution in [0.4, 0.5) is 5.69 Å². The fraction of sp³-hybridized carbons (Fsp3) is 0.235. The summed E-state index contributed by atoms with van der Waals surface area (Å²) < 4.78 is 5.73. The third-order valence-electron chi connectivity index (χ3n) is 6.77. The van der Waals surface area contributed by atoms with Gasteiger partial charge < -0.3 is 26.1 Å². The lowest BCUT2D eigenvalue weighted by molar-refractivity contribution is -0.121. The largest absolute Gasteiger partial charge is 0.375 e. The molecular formula is C34H35N7O4. The number of hydrogen-bond donors (Lipinski definition) is 4. The molecule has 45 heavy (non-hydrogen) atoms. The van der Waals surface area contributed by atoms with Crippen molar-refractivity contribution >= 4 is 29.1 Å². The van der Waals surface area contributed by atoms with Gasteiger partial charge in [-0.2, -0.15) is 15.3 Å². The molecule has 4 rings (SSSR count). The van der Waals surface area contributed by atoms with Gasteiger partial charge in [0.25, 0.3) is 11.8 Å². The van der Waals surface area contributed by atoms with Crippen molar-refractivity contribution in [1.82, 2.24) is 16.1 Å². The number of allylic oxidation sites excluding steroid dienone is 1. The number of nitrogens with zero attached hydrogens (tertiary/aromatic N) is 3.